The van der Waals surface area contributed by atoms with E-state index >= 15 is 0 Å². The summed E-state index contributed by atoms with van der Waals surface area (Å²) in [5.41, 5.74) is 5.23. The third-order valence-corrected chi connectivity index (χ3v) is 9.36. The van der Waals surface area contributed by atoms with Crippen LogP contribution in [0.15, 0.2) is 81.7 Å². The lowest BCUT2D eigenvalue weighted by Crippen LogP contribution is -2.37. The molecule has 2 saturated carbocycles. The molecule has 1 aromatic heterocycles. The summed E-state index contributed by atoms with van der Waals surface area (Å²) in [6.07, 6.45) is 8.48. The Morgan fingerprint density at radius 1 is 0.952 bits per heavy atom. The van der Waals surface area contributed by atoms with Crippen molar-refractivity contribution in [2.24, 2.45) is 11.3 Å². The van der Waals surface area contributed by atoms with Crippen LogP contribution in [-0.2, 0) is 11.2 Å². The SMILES string of the molecule is CC12CCC3C(=CCc4cc(O)ccc43)C1CCC2=O.COc1ccc(-c2coc3c(OC)c(O)ccc3c2=O)cc1. The average molecular weight is 567 g/mol. The molecule has 3 unspecified atom stereocenters. The summed E-state index contributed by atoms with van der Waals surface area (Å²) in [5.74, 6) is 2.54. The molecule has 7 nitrogen and oxygen atoms in total. The highest BCUT2D eigenvalue weighted by atomic mass is 16.5. The minimum absolute atomic E-state index is 0.0738. The first-order valence-corrected chi connectivity index (χ1v) is 14.3. The molecule has 3 atom stereocenters. The lowest BCUT2D eigenvalue weighted by Gasteiger charge is -2.43. The number of aromatic hydroxyl groups is 2. The summed E-state index contributed by atoms with van der Waals surface area (Å²) in [6, 6.07) is 15.8. The fourth-order valence-electron chi connectivity index (χ4n) is 7.06. The highest BCUT2D eigenvalue weighted by molar-refractivity contribution is 5.89. The summed E-state index contributed by atoms with van der Waals surface area (Å²) in [5, 5.41) is 19.7. The van der Waals surface area contributed by atoms with E-state index in [0.29, 0.717) is 40.1 Å². The van der Waals surface area contributed by atoms with E-state index in [1.54, 1.807) is 37.4 Å². The first-order chi connectivity index (χ1) is 20.2. The van der Waals surface area contributed by atoms with Gasteiger partial charge in [-0.1, -0.05) is 36.8 Å². The van der Waals surface area contributed by atoms with Gasteiger partial charge in [-0.2, -0.15) is 0 Å². The molecule has 42 heavy (non-hydrogen) atoms. The lowest BCUT2D eigenvalue weighted by molar-refractivity contribution is -0.126. The molecule has 0 bridgehead atoms. The van der Waals surface area contributed by atoms with Crippen LogP contribution in [-0.4, -0.2) is 30.2 Å². The van der Waals surface area contributed by atoms with Gasteiger partial charge in [0.05, 0.1) is 25.2 Å². The number of phenols is 2. The number of ether oxygens (including phenoxy) is 2. The van der Waals surface area contributed by atoms with Crippen LogP contribution in [0, 0.1) is 11.3 Å². The number of hydrogen-bond acceptors (Lipinski definition) is 7. The number of Topliss-reactive ketones (excluding diaryl/α,β-unsaturated/α-hetero) is 1. The first kappa shape index (κ1) is 27.6. The second-order valence-corrected chi connectivity index (χ2v) is 11.5. The Morgan fingerprint density at radius 2 is 1.74 bits per heavy atom. The number of allylic oxidation sites excluding steroid dienone is 2. The average Bonchev–Trinajstić information content (AvgIpc) is 3.31. The van der Waals surface area contributed by atoms with Crippen molar-refractivity contribution in [2.75, 3.05) is 14.2 Å². The van der Waals surface area contributed by atoms with Crippen LogP contribution in [0.25, 0.3) is 22.1 Å². The van der Waals surface area contributed by atoms with E-state index in [9.17, 15) is 19.8 Å². The van der Waals surface area contributed by atoms with E-state index in [0.717, 1.165) is 37.7 Å². The highest BCUT2D eigenvalue weighted by Crippen LogP contribution is 2.58. The van der Waals surface area contributed by atoms with Gasteiger partial charge >= 0.3 is 0 Å². The van der Waals surface area contributed by atoms with Crippen LogP contribution < -0.4 is 14.9 Å². The number of carbonyl (C=O) groups excluding carboxylic acids is 1. The maximum atomic E-state index is 12.6. The Kier molecular flexibility index (Phi) is 7.05. The molecule has 0 aliphatic heterocycles. The smallest absolute Gasteiger partial charge is 0.204 e. The molecule has 0 amide bonds. The Labute approximate surface area is 244 Å². The van der Waals surface area contributed by atoms with E-state index in [2.05, 4.69) is 19.1 Å². The number of rotatable bonds is 3. The summed E-state index contributed by atoms with van der Waals surface area (Å²) in [6.45, 7) is 2.18. The van der Waals surface area contributed by atoms with Crippen LogP contribution in [0.4, 0.5) is 0 Å². The number of benzene rings is 3. The van der Waals surface area contributed by atoms with Crippen molar-refractivity contribution in [2.45, 2.75) is 44.9 Å². The molecule has 0 spiro atoms. The number of methoxy groups -OCH3 is 2. The number of phenolic OH excluding ortho intramolecular Hbond substituents is 2. The van der Waals surface area contributed by atoms with Gasteiger partial charge in [-0.25, -0.2) is 0 Å². The monoisotopic (exact) mass is 566 g/mol. The minimum Gasteiger partial charge on any atom is -0.508 e. The standard InChI is InChI=1S/C18H20O2.C17H14O5/c1-18-9-8-14-13-5-3-12(19)10-11(13)2-4-15(14)16(18)6-7-17(18)20;1-20-11-5-3-10(4-6-11)13-9-22-16-12(15(13)19)7-8-14(18)17(16)21-2/h3-5,10,14,16,19H,2,6-9H2,1H3;3-9,18H,1-2H3. The van der Waals surface area contributed by atoms with Crippen LogP contribution >= 0.6 is 0 Å². The molecule has 3 aliphatic rings. The molecule has 3 aromatic carbocycles. The topological polar surface area (TPSA) is 106 Å². The van der Waals surface area contributed by atoms with Crippen LogP contribution in [0.3, 0.4) is 0 Å². The molecule has 0 radical (unpaired) electrons. The predicted molar refractivity (Wildman–Crippen MR) is 160 cm³/mol. The Balaban J connectivity index is 0.000000151. The minimum atomic E-state index is -0.190. The van der Waals surface area contributed by atoms with Gasteiger partial charge in [0.2, 0.25) is 11.2 Å². The largest absolute Gasteiger partial charge is 0.508 e. The molecular formula is C35H34O7. The van der Waals surface area contributed by atoms with Crippen molar-refractivity contribution in [1.29, 1.82) is 0 Å². The molecule has 4 aromatic rings. The van der Waals surface area contributed by atoms with E-state index in [-0.39, 0.29) is 27.9 Å². The zero-order valence-corrected chi connectivity index (χ0v) is 24.0. The van der Waals surface area contributed by atoms with Crippen molar-refractivity contribution in [3.63, 3.8) is 0 Å². The third-order valence-electron chi connectivity index (χ3n) is 9.36. The Bertz CT molecular complexity index is 1770. The van der Waals surface area contributed by atoms with Crippen molar-refractivity contribution >= 4 is 16.8 Å². The molecule has 0 saturated heterocycles. The van der Waals surface area contributed by atoms with Gasteiger partial charge in [0.15, 0.2) is 11.3 Å². The van der Waals surface area contributed by atoms with E-state index in [1.807, 2.05) is 6.07 Å². The maximum Gasteiger partial charge on any atom is 0.204 e. The second-order valence-electron chi connectivity index (χ2n) is 11.5. The summed E-state index contributed by atoms with van der Waals surface area (Å²) in [7, 11) is 2.99. The quantitative estimate of drug-likeness (QED) is 0.259. The molecule has 2 N–H and O–H groups in total. The van der Waals surface area contributed by atoms with E-state index in [1.165, 1.54) is 42.2 Å². The Hall–Kier alpha value is -4.52. The van der Waals surface area contributed by atoms with Gasteiger partial charge < -0.3 is 24.1 Å². The summed E-state index contributed by atoms with van der Waals surface area (Å²) in [4.78, 5) is 24.9. The van der Waals surface area contributed by atoms with Gasteiger partial charge in [0.25, 0.3) is 0 Å². The summed E-state index contributed by atoms with van der Waals surface area (Å²) >= 11 is 0. The number of carbonyl (C=O) groups is 1. The Morgan fingerprint density at radius 3 is 2.48 bits per heavy atom. The zero-order valence-electron chi connectivity index (χ0n) is 24.0. The van der Waals surface area contributed by atoms with Gasteiger partial charge in [-0.05, 0) is 84.7 Å². The van der Waals surface area contributed by atoms with Crippen molar-refractivity contribution in [3.05, 3.63) is 93.9 Å². The maximum absolute atomic E-state index is 12.6. The first-order valence-electron chi connectivity index (χ1n) is 14.3. The van der Waals surface area contributed by atoms with Gasteiger partial charge in [-0.15, -0.1) is 0 Å². The van der Waals surface area contributed by atoms with Crippen molar-refractivity contribution < 1.29 is 28.9 Å². The summed E-state index contributed by atoms with van der Waals surface area (Å²) < 4.78 is 15.7. The molecule has 3 aliphatic carbocycles. The van der Waals surface area contributed by atoms with Crippen LogP contribution in [0.2, 0.25) is 0 Å². The number of fused-ring (bicyclic) bond motifs is 6. The lowest BCUT2D eigenvalue weighted by atomic mass is 9.60. The zero-order chi connectivity index (χ0) is 29.6. The van der Waals surface area contributed by atoms with Crippen molar-refractivity contribution in [1.82, 2.24) is 0 Å². The number of ketones is 1. The molecule has 2 fully saturated rings. The molecule has 216 valence electrons. The third kappa shape index (κ3) is 4.53. The fraction of sp³-hybridized carbons (Fsp3) is 0.314. The molecule has 7 heteroatoms. The molecule has 1 heterocycles. The van der Waals surface area contributed by atoms with Crippen LogP contribution in [0.5, 0.6) is 23.0 Å². The predicted octanol–water partition coefficient (Wildman–Crippen LogP) is 6.92. The van der Waals surface area contributed by atoms with Gasteiger partial charge in [0, 0.05) is 17.8 Å². The number of hydrogen-bond donors (Lipinski definition) is 2. The van der Waals surface area contributed by atoms with Crippen molar-refractivity contribution in [3.8, 4) is 34.1 Å². The van der Waals surface area contributed by atoms with E-state index < -0.39 is 0 Å². The fourth-order valence-corrected chi connectivity index (χ4v) is 7.06. The highest BCUT2D eigenvalue weighted by Gasteiger charge is 2.52. The molecular weight excluding hydrogens is 532 g/mol. The van der Waals surface area contributed by atoms with Gasteiger partial charge in [-0.3, -0.25) is 9.59 Å². The second kappa shape index (κ2) is 10.7. The van der Waals surface area contributed by atoms with Crippen LogP contribution in [0.1, 0.15) is 49.7 Å². The van der Waals surface area contributed by atoms with E-state index in [4.69, 9.17) is 13.9 Å². The van der Waals surface area contributed by atoms with Gasteiger partial charge in [0.1, 0.15) is 23.5 Å². The normalized spacial score (nSPS) is 22.3. The molecule has 7 rings (SSSR count).